The highest BCUT2D eigenvalue weighted by atomic mass is 16.6. The van der Waals surface area contributed by atoms with Crippen molar-refractivity contribution in [3.63, 3.8) is 0 Å². The Morgan fingerprint density at radius 1 is 1.59 bits per heavy atom. The van der Waals surface area contributed by atoms with Crippen molar-refractivity contribution in [3.05, 3.63) is 15.8 Å². The Balaban J connectivity index is 2.67. The molecule has 0 aliphatic rings. The first-order valence-corrected chi connectivity index (χ1v) is 5.47. The van der Waals surface area contributed by atoms with E-state index in [1.165, 1.54) is 4.68 Å². The fourth-order valence-corrected chi connectivity index (χ4v) is 1.49. The molecule has 1 aromatic rings. The summed E-state index contributed by atoms with van der Waals surface area (Å²) in [6.07, 6.45) is 0. The number of rotatable bonds is 6. The molecule has 0 aromatic carbocycles. The lowest BCUT2D eigenvalue weighted by Gasteiger charge is -2.09. The zero-order chi connectivity index (χ0) is 13.0. The monoisotopic (exact) mass is 242 g/mol. The van der Waals surface area contributed by atoms with E-state index >= 15 is 0 Å². The van der Waals surface area contributed by atoms with Crippen molar-refractivity contribution < 1.29 is 9.66 Å². The minimum Gasteiger partial charge on any atom is -0.472 e. The Morgan fingerprint density at radius 2 is 2.24 bits per heavy atom. The average molecular weight is 242 g/mol. The molecule has 0 amide bonds. The summed E-state index contributed by atoms with van der Waals surface area (Å²) < 4.78 is 6.79. The smallest absolute Gasteiger partial charge is 0.353 e. The third-order valence-corrected chi connectivity index (χ3v) is 2.22. The van der Waals surface area contributed by atoms with E-state index in [-0.39, 0.29) is 11.6 Å². The molecule has 0 fully saturated rings. The van der Waals surface area contributed by atoms with Gasteiger partial charge < -0.3 is 10.1 Å². The van der Waals surface area contributed by atoms with Gasteiger partial charge in [0.2, 0.25) is 0 Å². The average Bonchev–Trinajstić information content (AvgIpc) is 2.48. The molecule has 0 saturated heterocycles. The van der Waals surface area contributed by atoms with Gasteiger partial charge in [-0.05, 0) is 6.92 Å². The molecule has 0 unspecified atom stereocenters. The molecule has 0 saturated carbocycles. The van der Waals surface area contributed by atoms with Crippen LogP contribution in [0.4, 0.5) is 5.69 Å². The van der Waals surface area contributed by atoms with Crippen molar-refractivity contribution in [2.45, 2.75) is 26.8 Å². The Labute approximate surface area is 99.9 Å². The van der Waals surface area contributed by atoms with E-state index in [1.54, 1.807) is 14.0 Å². The molecule has 7 nitrogen and oxygen atoms in total. The maximum atomic E-state index is 10.9. The molecule has 96 valence electrons. The quantitative estimate of drug-likeness (QED) is 0.457. The van der Waals surface area contributed by atoms with Crippen molar-refractivity contribution in [2.24, 2.45) is 7.05 Å². The number of hydrogen-bond donors (Lipinski definition) is 1. The number of nitrogens with zero attached hydrogens (tertiary/aromatic N) is 3. The van der Waals surface area contributed by atoms with Gasteiger partial charge in [0, 0.05) is 19.6 Å². The standard InChI is InChI=1S/C10H18N4O3/c1-7(2)11-5-6-17-10-9(14(15)16)8(3)12-13(10)4/h7,11H,5-6H2,1-4H3. The van der Waals surface area contributed by atoms with Gasteiger partial charge in [-0.15, -0.1) is 0 Å². The molecule has 0 aliphatic carbocycles. The van der Waals surface area contributed by atoms with E-state index in [4.69, 9.17) is 4.74 Å². The molecular weight excluding hydrogens is 224 g/mol. The fourth-order valence-electron chi connectivity index (χ4n) is 1.49. The van der Waals surface area contributed by atoms with Gasteiger partial charge in [0.1, 0.15) is 12.3 Å². The SMILES string of the molecule is Cc1nn(C)c(OCCNC(C)C)c1[N+](=O)[O-]. The van der Waals surface area contributed by atoms with Crippen molar-refractivity contribution in [1.82, 2.24) is 15.1 Å². The maximum absolute atomic E-state index is 10.9. The number of nitrogens with one attached hydrogen (secondary N) is 1. The molecular formula is C10H18N4O3. The first-order valence-electron chi connectivity index (χ1n) is 5.47. The molecule has 0 atom stereocenters. The van der Waals surface area contributed by atoms with E-state index in [0.717, 1.165) is 0 Å². The molecule has 0 spiro atoms. The van der Waals surface area contributed by atoms with Crippen LogP contribution in [-0.2, 0) is 7.05 Å². The predicted molar refractivity (Wildman–Crippen MR) is 63.2 cm³/mol. The lowest BCUT2D eigenvalue weighted by molar-refractivity contribution is -0.386. The highest BCUT2D eigenvalue weighted by Crippen LogP contribution is 2.29. The van der Waals surface area contributed by atoms with Crippen LogP contribution in [0, 0.1) is 17.0 Å². The van der Waals surface area contributed by atoms with Gasteiger partial charge in [-0.25, -0.2) is 4.68 Å². The van der Waals surface area contributed by atoms with Gasteiger partial charge in [-0.1, -0.05) is 13.8 Å². The summed E-state index contributed by atoms with van der Waals surface area (Å²) in [7, 11) is 1.63. The summed E-state index contributed by atoms with van der Waals surface area (Å²) in [6.45, 7) is 6.65. The van der Waals surface area contributed by atoms with E-state index < -0.39 is 4.92 Å². The fraction of sp³-hybridized carbons (Fsp3) is 0.700. The maximum Gasteiger partial charge on any atom is 0.353 e. The number of nitro groups is 1. The second kappa shape index (κ2) is 5.62. The number of aromatic nitrogens is 2. The van der Waals surface area contributed by atoms with E-state index in [9.17, 15) is 10.1 Å². The highest BCUT2D eigenvalue weighted by Gasteiger charge is 2.25. The molecule has 0 bridgehead atoms. The first kappa shape index (κ1) is 13.4. The molecule has 1 N–H and O–H groups in total. The summed E-state index contributed by atoms with van der Waals surface area (Å²) in [5.74, 6) is 0.207. The van der Waals surface area contributed by atoms with E-state index in [2.05, 4.69) is 10.4 Å². The third kappa shape index (κ3) is 3.42. The zero-order valence-electron chi connectivity index (χ0n) is 10.6. The number of aryl methyl sites for hydroxylation is 2. The molecule has 0 radical (unpaired) electrons. The van der Waals surface area contributed by atoms with Gasteiger partial charge in [0.15, 0.2) is 0 Å². The van der Waals surface area contributed by atoms with Crippen LogP contribution >= 0.6 is 0 Å². The molecule has 1 heterocycles. The molecule has 1 aromatic heterocycles. The zero-order valence-corrected chi connectivity index (χ0v) is 10.6. The number of hydrogen-bond acceptors (Lipinski definition) is 5. The summed E-state index contributed by atoms with van der Waals surface area (Å²) in [6, 6.07) is 0.363. The normalized spacial score (nSPS) is 10.9. The number of ether oxygens (including phenoxy) is 1. The van der Waals surface area contributed by atoms with E-state index in [1.807, 2.05) is 13.8 Å². The van der Waals surface area contributed by atoms with Crippen molar-refractivity contribution in [3.8, 4) is 5.88 Å². The Morgan fingerprint density at radius 3 is 2.76 bits per heavy atom. The van der Waals surface area contributed by atoms with Crippen LogP contribution in [0.3, 0.4) is 0 Å². The second-order valence-electron chi connectivity index (χ2n) is 4.08. The predicted octanol–water partition coefficient (Wildman–Crippen LogP) is 1.01. The Hall–Kier alpha value is -1.63. The van der Waals surface area contributed by atoms with Gasteiger partial charge in [-0.3, -0.25) is 10.1 Å². The first-order chi connectivity index (χ1) is 7.93. The second-order valence-corrected chi connectivity index (χ2v) is 4.08. The summed E-state index contributed by atoms with van der Waals surface area (Å²) >= 11 is 0. The van der Waals surface area contributed by atoms with Crippen molar-refractivity contribution in [1.29, 1.82) is 0 Å². The lowest BCUT2D eigenvalue weighted by atomic mass is 10.4. The lowest BCUT2D eigenvalue weighted by Crippen LogP contribution is -2.27. The van der Waals surface area contributed by atoms with Crippen LogP contribution in [-0.4, -0.2) is 33.9 Å². The molecule has 7 heteroatoms. The van der Waals surface area contributed by atoms with Crippen LogP contribution in [0.15, 0.2) is 0 Å². The minimum atomic E-state index is -0.465. The van der Waals surface area contributed by atoms with Gasteiger partial charge in [0.05, 0.1) is 4.92 Å². The Kier molecular flexibility index (Phi) is 4.45. The van der Waals surface area contributed by atoms with Crippen LogP contribution in [0.25, 0.3) is 0 Å². The summed E-state index contributed by atoms with van der Waals surface area (Å²) in [4.78, 5) is 10.4. The molecule has 17 heavy (non-hydrogen) atoms. The minimum absolute atomic E-state index is 0.0583. The van der Waals surface area contributed by atoms with Crippen molar-refractivity contribution in [2.75, 3.05) is 13.2 Å². The van der Waals surface area contributed by atoms with Gasteiger partial charge in [-0.2, -0.15) is 5.10 Å². The van der Waals surface area contributed by atoms with Crippen LogP contribution in [0.5, 0.6) is 5.88 Å². The molecule has 0 aliphatic heterocycles. The molecule has 1 rings (SSSR count). The third-order valence-electron chi connectivity index (χ3n) is 2.22. The van der Waals surface area contributed by atoms with Gasteiger partial charge in [0.25, 0.3) is 5.88 Å². The van der Waals surface area contributed by atoms with Crippen LogP contribution in [0.2, 0.25) is 0 Å². The van der Waals surface area contributed by atoms with Gasteiger partial charge >= 0.3 is 5.69 Å². The topological polar surface area (TPSA) is 82.2 Å². The summed E-state index contributed by atoms with van der Waals surface area (Å²) in [5.41, 5.74) is 0.307. The van der Waals surface area contributed by atoms with Crippen LogP contribution < -0.4 is 10.1 Å². The van der Waals surface area contributed by atoms with E-state index in [0.29, 0.717) is 24.9 Å². The van der Waals surface area contributed by atoms with Crippen LogP contribution in [0.1, 0.15) is 19.5 Å². The highest BCUT2D eigenvalue weighted by molar-refractivity contribution is 5.45. The van der Waals surface area contributed by atoms with Crippen molar-refractivity contribution >= 4 is 5.69 Å². The largest absolute Gasteiger partial charge is 0.472 e. The summed E-state index contributed by atoms with van der Waals surface area (Å²) in [5, 5.41) is 18.0. The Bertz CT molecular complexity index is 401.